The van der Waals surface area contributed by atoms with Gasteiger partial charge < -0.3 is 34.3 Å². The van der Waals surface area contributed by atoms with Crippen LogP contribution in [0.4, 0.5) is 0 Å². The first-order valence-electron chi connectivity index (χ1n) is 18.1. The number of esters is 2. The molecule has 0 aromatic carbocycles. The van der Waals surface area contributed by atoms with Crippen LogP contribution in [0.2, 0.25) is 0 Å². The molecule has 3 rings (SSSR count). The number of rotatable bonds is 11. The average molecular weight is 697 g/mol. The maximum Gasteiger partial charge on any atom is 0.335 e. The lowest BCUT2D eigenvalue weighted by atomic mass is 9.73. The molecule has 0 spiro atoms. The molecule has 9 atom stereocenters. The third-order valence-electron chi connectivity index (χ3n) is 9.79. The summed E-state index contributed by atoms with van der Waals surface area (Å²) in [6.07, 6.45) is 21.0. The lowest BCUT2D eigenvalue weighted by molar-refractivity contribution is -0.198. The van der Waals surface area contributed by atoms with Gasteiger partial charge in [-0.3, -0.25) is 0 Å². The van der Waals surface area contributed by atoms with Crippen LogP contribution in [0, 0.1) is 17.3 Å². The second-order valence-corrected chi connectivity index (χ2v) is 14.6. The van der Waals surface area contributed by atoms with E-state index in [4.69, 9.17) is 18.9 Å². The second kappa shape index (κ2) is 20.7. The van der Waals surface area contributed by atoms with Gasteiger partial charge >= 0.3 is 11.9 Å². The molecule has 0 unspecified atom stereocenters. The molecule has 0 amide bonds. The van der Waals surface area contributed by atoms with E-state index in [0.29, 0.717) is 38.0 Å². The summed E-state index contributed by atoms with van der Waals surface area (Å²) in [5.41, 5.74) is 0.954. The molecule has 0 aliphatic carbocycles. The molecule has 50 heavy (non-hydrogen) atoms. The summed E-state index contributed by atoms with van der Waals surface area (Å²) in [4.78, 5) is 25.3. The van der Waals surface area contributed by atoms with E-state index in [-0.39, 0.29) is 43.9 Å². The lowest BCUT2D eigenvalue weighted by Crippen LogP contribution is -2.55. The van der Waals surface area contributed by atoms with Crippen LogP contribution < -0.4 is 0 Å². The minimum atomic E-state index is -1.31. The monoisotopic (exact) mass is 696 g/mol. The molecule has 2 fully saturated rings. The van der Waals surface area contributed by atoms with Gasteiger partial charge in [-0.25, -0.2) is 9.59 Å². The molecular formula is C41H60O9. The molecule has 3 N–H and O–H groups in total. The van der Waals surface area contributed by atoms with Crippen molar-refractivity contribution in [2.75, 3.05) is 13.2 Å². The number of aliphatic hydroxyl groups excluding tert-OH is 3. The van der Waals surface area contributed by atoms with Gasteiger partial charge in [-0.15, -0.1) is 0 Å². The predicted octanol–water partition coefficient (Wildman–Crippen LogP) is 6.41. The SMILES string of the molecule is C=C(CCC(C)C)COC(=O)[C@@H](O)C/C=C/C[C@H]1O[C@H]2/C=C\C/C=C\C(C)=C/[C@@H]3O[C@H](C/C=C\C=C/C(=O)O[C@@H](C2)[C@]1(C)CO)C[C@@H](O)[C@@H]3C. The Morgan fingerprint density at radius 2 is 1.92 bits per heavy atom. The topological polar surface area (TPSA) is 132 Å². The van der Waals surface area contributed by atoms with Crippen molar-refractivity contribution < 1.29 is 43.9 Å². The van der Waals surface area contributed by atoms with Crippen molar-refractivity contribution in [3.05, 3.63) is 84.6 Å². The fourth-order valence-electron chi connectivity index (χ4n) is 6.27. The number of ether oxygens (including phenoxy) is 4. The number of hydrogen-bond acceptors (Lipinski definition) is 9. The van der Waals surface area contributed by atoms with Gasteiger partial charge in [0, 0.05) is 31.3 Å². The van der Waals surface area contributed by atoms with E-state index in [9.17, 15) is 24.9 Å². The maximum atomic E-state index is 13.0. The van der Waals surface area contributed by atoms with Crippen LogP contribution in [0.25, 0.3) is 0 Å². The van der Waals surface area contributed by atoms with Gasteiger partial charge in [0.2, 0.25) is 0 Å². The molecule has 2 saturated heterocycles. The summed E-state index contributed by atoms with van der Waals surface area (Å²) >= 11 is 0. The fraction of sp³-hybridized carbons (Fsp3) is 0.610. The van der Waals surface area contributed by atoms with E-state index >= 15 is 0 Å². The number of carbonyl (C=O) groups excluding carboxylic acids is 2. The van der Waals surface area contributed by atoms with E-state index < -0.39 is 41.8 Å². The van der Waals surface area contributed by atoms with Gasteiger partial charge in [0.1, 0.15) is 12.7 Å². The number of hydrogen-bond donors (Lipinski definition) is 3. The molecule has 0 saturated carbocycles. The van der Waals surface area contributed by atoms with Gasteiger partial charge in [-0.1, -0.05) is 101 Å². The van der Waals surface area contributed by atoms with Crippen LogP contribution >= 0.6 is 0 Å². The molecule has 0 aromatic rings. The van der Waals surface area contributed by atoms with Crippen molar-refractivity contribution in [1.82, 2.24) is 0 Å². The lowest BCUT2D eigenvalue weighted by Gasteiger charge is -2.47. The highest BCUT2D eigenvalue weighted by molar-refractivity contribution is 5.82. The van der Waals surface area contributed by atoms with E-state index in [1.165, 1.54) is 6.08 Å². The smallest absolute Gasteiger partial charge is 0.335 e. The Hall–Kier alpha value is -3.08. The number of allylic oxidation sites excluding steroid dienone is 6. The molecule has 4 bridgehead atoms. The first-order chi connectivity index (χ1) is 23.8. The minimum absolute atomic E-state index is 0.0218. The van der Waals surface area contributed by atoms with Crippen LogP contribution in [-0.2, 0) is 28.5 Å². The molecule has 3 heterocycles. The molecule has 9 heteroatoms. The van der Waals surface area contributed by atoms with Gasteiger partial charge in [-0.2, -0.15) is 0 Å². The van der Waals surface area contributed by atoms with Gasteiger partial charge in [0.15, 0.2) is 6.10 Å². The van der Waals surface area contributed by atoms with Gasteiger partial charge in [0.25, 0.3) is 0 Å². The summed E-state index contributed by atoms with van der Waals surface area (Å²) in [6, 6.07) is 0. The van der Waals surface area contributed by atoms with E-state index in [2.05, 4.69) is 26.5 Å². The Kier molecular flexibility index (Phi) is 17.1. The highest BCUT2D eigenvalue weighted by Gasteiger charge is 2.49. The van der Waals surface area contributed by atoms with Crippen LogP contribution in [0.15, 0.2) is 84.6 Å². The Balaban J connectivity index is 1.71. The summed E-state index contributed by atoms with van der Waals surface area (Å²) in [5.74, 6) is -0.720. The molecular weight excluding hydrogens is 636 g/mol. The zero-order valence-electron chi connectivity index (χ0n) is 30.6. The van der Waals surface area contributed by atoms with Crippen LogP contribution in [-0.4, -0.2) is 83.2 Å². The summed E-state index contributed by atoms with van der Waals surface area (Å²) in [7, 11) is 0. The minimum Gasteiger partial charge on any atom is -0.459 e. The highest BCUT2D eigenvalue weighted by atomic mass is 16.6. The first kappa shape index (κ1) is 41.3. The summed E-state index contributed by atoms with van der Waals surface area (Å²) in [6.45, 7) is 13.9. The van der Waals surface area contributed by atoms with Gasteiger partial charge in [-0.05, 0) is 50.5 Å². The second-order valence-electron chi connectivity index (χ2n) is 14.6. The van der Waals surface area contributed by atoms with E-state index in [1.807, 2.05) is 57.2 Å². The van der Waals surface area contributed by atoms with Crippen molar-refractivity contribution in [2.24, 2.45) is 17.3 Å². The number of fused-ring (bicyclic) bond motifs is 4. The zero-order valence-corrected chi connectivity index (χ0v) is 30.6. The summed E-state index contributed by atoms with van der Waals surface area (Å²) in [5, 5.41) is 31.6. The first-order valence-corrected chi connectivity index (χ1v) is 18.1. The summed E-state index contributed by atoms with van der Waals surface area (Å²) < 4.78 is 23.9. The molecule has 278 valence electrons. The molecule has 3 aliphatic rings. The Labute approximate surface area is 299 Å². The van der Waals surface area contributed by atoms with Crippen LogP contribution in [0.1, 0.15) is 86.0 Å². The van der Waals surface area contributed by atoms with Crippen molar-refractivity contribution in [2.45, 2.75) is 129 Å². The number of carbonyl (C=O) groups is 2. The highest BCUT2D eigenvalue weighted by Crippen LogP contribution is 2.41. The average Bonchev–Trinajstić information content (AvgIpc) is 3.07. The van der Waals surface area contributed by atoms with Crippen molar-refractivity contribution in [1.29, 1.82) is 0 Å². The Bertz CT molecular complexity index is 1290. The quantitative estimate of drug-likeness (QED) is 0.166. The van der Waals surface area contributed by atoms with Crippen LogP contribution in [0.3, 0.4) is 0 Å². The Morgan fingerprint density at radius 3 is 2.66 bits per heavy atom. The van der Waals surface area contributed by atoms with Gasteiger partial charge in [0.05, 0.1) is 42.5 Å². The standard InChI is InChI=1S/C41H60O9/c1-28(2)21-22-30(4)26-47-40(46)34(43)18-13-14-19-37-41(6,27-42)38-25-33(49-37)17-10-7-9-15-29(3)23-36-31(5)35(44)24-32(48-36)16-11-8-12-20-39(45)50-38/h8-15,17,20,23,28,31-38,42-44H,4,7,16,18-19,21-22,24-27H2,1-3,5-6H3/b11-8-,14-13+,15-9-,17-10-,20-12-,29-23-/t31-,32+,33-,34-,35+,36-,37+,38-,41+/m0/s1. The Morgan fingerprint density at radius 1 is 1.14 bits per heavy atom. The van der Waals surface area contributed by atoms with Crippen molar-refractivity contribution in [3.8, 4) is 0 Å². The fourth-order valence-corrected chi connectivity index (χ4v) is 6.27. The largest absolute Gasteiger partial charge is 0.459 e. The molecule has 0 aromatic heterocycles. The van der Waals surface area contributed by atoms with E-state index in [1.54, 1.807) is 18.2 Å². The molecule has 0 radical (unpaired) electrons. The van der Waals surface area contributed by atoms with E-state index in [0.717, 1.165) is 24.0 Å². The van der Waals surface area contributed by atoms with Crippen LogP contribution in [0.5, 0.6) is 0 Å². The van der Waals surface area contributed by atoms with Crippen molar-refractivity contribution >= 4 is 11.9 Å². The van der Waals surface area contributed by atoms with Crippen molar-refractivity contribution in [3.63, 3.8) is 0 Å². The third kappa shape index (κ3) is 13.2. The normalized spacial score (nSPS) is 35.3. The number of aliphatic hydroxyl groups is 3. The zero-order chi connectivity index (χ0) is 36.7. The maximum absolute atomic E-state index is 13.0. The predicted molar refractivity (Wildman–Crippen MR) is 195 cm³/mol. The molecule has 9 nitrogen and oxygen atoms in total. The third-order valence-corrected chi connectivity index (χ3v) is 9.79. The molecule has 3 aliphatic heterocycles.